The largest absolute Gasteiger partial charge is 0.465 e. The number of aryl methyl sites for hydroxylation is 1. The van der Waals surface area contributed by atoms with Crippen LogP contribution in [-0.2, 0) is 40.0 Å². The number of rotatable bonds is 6. The highest BCUT2D eigenvalue weighted by Gasteiger charge is 2.27. The van der Waals surface area contributed by atoms with Gasteiger partial charge in [0.1, 0.15) is 5.56 Å². The number of fused-ring (bicyclic) bond motifs is 1. The fourth-order valence-corrected chi connectivity index (χ4v) is 4.99. The van der Waals surface area contributed by atoms with Crippen LogP contribution < -0.4 is 4.72 Å². The molecular formula is C17H19BrClN3O4S. The van der Waals surface area contributed by atoms with Crippen molar-refractivity contribution in [2.24, 2.45) is 0 Å². The fourth-order valence-electron chi connectivity index (χ4n) is 3.10. The zero-order valence-electron chi connectivity index (χ0n) is 14.7. The van der Waals surface area contributed by atoms with E-state index in [2.05, 4.69) is 25.8 Å². The summed E-state index contributed by atoms with van der Waals surface area (Å²) in [5.74, 6) is -0.736. The average molecular weight is 477 g/mol. The van der Waals surface area contributed by atoms with Crippen LogP contribution in [0.4, 0.5) is 0 Å². The van der Waals surface area contributed by atoms with Crippen molar-refractivity contribution in [3.63, 3.8) is 0 Å². The van der Waals surface area contributed by atoms with Crippen molar-refractivity contribution in [1.82, 2.24) is 14.5 Å². The van der Waals surface area contributed by atoms with Crippen LogP contribution in [0.1, 0.15) is 40.2 Å². The predicted molar refractivity (Wildman–Crippen MR) is 105 cm³/mol. The smallest absolute Gasteiger partial charge is 0.341 e. The molecule has 1 aliphatic heterocycles. The van der Waals surface area contributed by atoms with Crippen LogP contribution in [0.5, 0.6) is 0 Å². The Labute approximate surface area is 171 Å². The van der Waals surface area contributed by atoms with Crippen LogP contribution in [0.15, 0.2) is 22.7 Å². The van der Waals surface area contributed by atoms with E-state index in [1.165, 1.54) is 7.11 Å². The van der Waals surface area contributed by atoms with E-state index >= 15 is 0 Å². The van der Waals surface area contributed by atoms with Crippen molar-refractivity contribution in [1.29, 1.82) is 0 Å². The molecule has 1 aliphatic rings. The van der Waals surface area contributed by atoms with Crippen LogP contribution in [0, 0.1) is 0 Å². The molecule has 10 heteroatoms. The van der Waals surface area contributed by atoms with E-state index in [9.17, 15) is 13.2 Å². The Morgan fingerprint density at radius 1 is 1.41 bits per heavy atom. The molecule has 0 radical (unpaired) electrons. The molecule has 0 unspecified atom stereocenters. The molecule has 0 fully saturated rings. The minimum atomic E-state index is -3.66. The Hall–Kier alpha value is -1.42. The van der Waals surface area contributed by atoms with Gasteiger partial charge in [-0.1, -0.05) is 23.7 Å². The summed E-state index contributed by atoms with van der Waals surface area (Å²) in [4.78, 5) is 12.2. The van der Waals surface area contributed by atoms with Crippen molar-refractivity contribution >= 4 is 43.5 Å². The molecule has 0 bridgehead atoms. The number of hydrogen-bond donors (Lipinski definition) is 1. The van der Waals surface area contributed by atoms with Gasteiger partial charge in [-0.15, -0.1) is 0 Å². The Morgan fingerprint density at radius 2 is 2.19 bits per heavy atom. The molecule has 1 aromatic heterocycles. The second kappa shape index (κ2) is 8.30. The maximum Gasteiger partial charge on any atom is 0.341 e. The number of methoxy groups -OCH3 is 1. The highest BCUT2D eigenvalue weighted by atomic mass is 79.9. The molecule has 0 aliphatic carbocycles. The third-order valence-electron chi connectivity index (χ3n) is 4.39. The van der Waals surface area contributed by atoms with Crippen LogP contribution >= 0.6 is 27.5 Å². The summed E-state index contributed by atoms with van der Waals surface area (Å²) in [5, 5.41) is 4.86. The van der Waals surface area contributed by atoms with Gasteiger partial charge < -0.3 is 4.74 Å². The summed E-state index contributed by atoms with van der Waals surface area (Å²) in [6, 6.07) is 5.05. The lowest BCUT2D eigenvalue weighted by molar-refractivity contribution is 0.0597. The van der Waals surface area contributed by atoms with Crippen molar-refractivity contribution < 1.29 is 17.9 Å². The summed E-state index contributed by atoms with van der Waals surface area (Å²) in [6.07, 6.45) is 2.66. The molecule has 3 rings (SSSR count). The molecule has 1 aromatic carbocycles. The van der Waals surface area contributed by atoms with Crippen molar-refractivity contribution in [3.8, 4) is 0 Å². The monoisotopic (exact) mass is 475 g/mol. The van der Waals surface area contributed by atoms with Crippen LogP contribution in [0.3, 0.4) is 0 Å². The number of carbonyl (C=O) groups excluding carboxylic acids is 1. The molecule has 7 nitrogen and oxygen atoms in total. The molecule has 2 aromatic rings. The number of sulfonamides is 1. The third-order valence-corrected chi connectivity index (χ3v) is 7.14. The van der Waals surface area contributed by atoms with Crippen LogP contribution in [0.2, 0.25) is 5.02 Å². The number of hydrogen-bond acceptors (Lipinski definition) is 5. The number of carbonyl (C=O) groups is 1. The normalized spacial score (nSPS) is 14.0. The lowest BCUT2D eigenvalue weighted by Crippen LogP contribution is -2.26. The SMILES string of the molecule is COC(=O)c1c(CNS(=O)(=O)Cc2cccc(Cl)c2Br)nn2c1CCCC2. The molecule has 1 N–H and O–H groups in total. The number of nitrogens with one attached hydrogen (secondary N) is 1. The lowest BCUT2D eigenvalue weighted by atomic mass is 10.0. The van der Waals surface area contributed by atoms with Gasteiger partial charge in [-0.25, -0.2) is 17.9 Å². The van der Waals surface area contributed by atoms with Gasteiger partial charge in [0.15, 0.2) is 0 Å². The van der Waals surface area contributed by atoms with Gasteiger partial charge in [0.05, 0.1) is 35.8 Å². The molecule has 2 heterocycles. The number of aromatic nitrogens is 2. The number of ether oxygens (including phenoxy) is 1. The number of nitrogens with zero attached hydrogens (tertiary/aromatic N) is 2. The maximum absolute atomic E-state index is 12.5. The quantitative estimate of drug-likeness (QED) is 0.647. The summed E-state index contributed by atoms with van der Waals surface area (Å²) in [7, 11) is -2.36. The number of esters is 1. The summed E-state index contributed by atoms with van der Waals surface area (Å²) >= 11 is 9.33. The van der Waals surface area contributed by atoms with Gasteiger partial charge in [-0.3, -0.25) is 4.68 Å². The minimum Gasteiger partial charge on any atom is -0.465 e. The van der Waals surface area contributed by atoms with Crippen LogP contribution in [-0.4, -0.2) is 31.3 Å². The molecule has 0 saturated carbocycles. The summed E-state index contributed by atoms with van der Waals surface area (Å²) in [5.41, 5.74) is 2.10. The molecule has 0 saturated heterocycles. The Balaban J connectivity index is 1.80. The Kier molecular flexibility index (Phi) is 6.25. The third kappa shape index (κ3) is 4.53. The van der Waals surface area contributed by atoms with Crippen molar-refractivity contribution in [3.05, 3.63) is 50.2 Å². The average Bonchev–Trinajstić information content (AvgIpc) is 3.02. The summed E-state index contributed by atoms with van der Waals surface area (Å²) < 4.78 is 34.7. The first-order chi connectivity index (χ1) is 12.8. The Bertz CT molecular complexity index is 975. The first kappa shape index (κ1) is 20.3. The Morgan fingerprint density at radius 3 is 2.93 bits per heavy atom. The van der Waals surface area contributed by atoms with Gasteiger partial charge in [0.2, 0.25) is 10.0 Å². The highest BCUT2D eigenvalue weighted by molar-refractivity contribution is 9.10. The van der Waals surface area contributed by atoms with Gasteiger partial charge in [-0.05, 0) is 46.8 Å². The van der Waals surface area contributed by atoms with Crippen molar-refractivity contribution in [2.75, 3.05) is 7.11 Å². The first-order valence-corrected chi connectivity index (χ1v) is 11.2. The first-order valence-electron chi connectivity index (χ1n) is 8.39. The zero-order valence-corrected chi connectivity index (χ0v) is 17.8. The van der Waals surface area contributed by atoms with Gasteiger partial charge in [0, 0.05) is 11.0 Å². The molecule has 146 valence electrons. The molecule has 0 atom stereocenters. The molecular weight excluding hydrogens is 458 g/mol. The lowest BCUT2D eigenvalue weighted by Gasteiger charge is -2.13. The van der Waals surface area contributed by atoms with Gasteiger partial charge in [-0.2, -0.15) is 5.10 Å². The van der Waals surface area contributed by atoms with E-state index in [-0.39, 0.29) is 12.3 Å². The topological polar surface area (TPSA) is 90.3 Å². The summed E-state index contributed by atoms with van der Waals surface area (Å²) in [6.45, 7) is 0.631. The predicted octanol–water partition coefficient (Wildman–Crippen LogP) is 3.04. The standard InChI is InChI=1S/C17H19BrClN3O4S/c1-26-17(23)15-13(21-22-8-3-2-7-14(15)22)9-20-27(24,25)10-11-5-4-6-12(19)16(11)18/h4-6,20H,2-3,7-10H2,1H3. The van der Waals surface area contributed by atoms with E-state index in [0.717, 1.165) is 25.0 Å². The van der Waals surface area contributed by atoms with Gasteiger partial charge >= 0.3 is 5.97 Å². The second-order valence-corrected chi connectivity index (χ2v) is 9.24. The van der Waals surface area contributed by atoms with E-state index in [0.29, 0.717) is 32.9 Å². The van der Waals surface area contributed by atoms with Crippen LogP contribution in [0.25, 0.3) is 0 Å². The maximum atomic E-state index is 12.5. The molecule has 0 spiro atoms. The van der Waals surface area contributed by atoms with E-state index in [1.54, 1.807) is 22.9 Å². The number of benzene rings is 1. The highest BCUT2D eigenvalue weighted by Crippen LogP contribution is 2.27. The molecule has 0 amide bonds. The zero-order chi connectivity index (χ0) is 19.6. The van der Waals surface area contributed by atoms with E-state index in [4.69, 9.17) is 16.3 Å². The fraction of sp³-hybridized carbons (Fsp3) is 0.412. The molecule has 27 heavy (non-hydrogen) atoms. The van der Waals surface area contributed by atoms with Gasteiger partial charge in [0.25, 0.3) is 0 Å². The van der Waals surface area contributed by atoms with Crippen molar-refractivity contribution in [2.45, 2.75) is 38.1 Å². The second-order valence-electron chi connectivity index (χ2n) is 6.23. The van der Waals surface area contributed by atoms with E-state index < -0.39 is 16.0 Å². The number of halogens is 2. The van der Waals surface area contributed by atoms with E-state index in [1.807, 2.05) is 0 Å². The minimum absolute atomic E-state index is 0.0784.